The van der Waals surface area contributed by atoms with Crippen LogP contribution in [-0.4, -0.2) is 4.98 Å². The van der Waals surface area contributed by atoms with E-state index in [0.717, 1.165) is 12.0 Å². The van der Waals surface area contributed by atoms with Crippen LogP contribution in [0.25, 0.3) is 0 Å². The maximum atomic E-state index is 5.84. The van der Waals surface area contributed by atoms with Gasteiger partial charge < -0.3 is 4.74 Å². The first-order valence-corrected chi connectivity index (χ1v) is 6.34. The Morgan fingerprint density at radius 2 is 2.35 bits per heavy atom. The standard InChI is InChI=1S/C14H13NOS/c1-3-11-7-8-14(15-10-11)16-12(4-2)13-6-5-9-17-13/h1,5-10,12H,4H2,2H3. The van der Waals surface area contributed by atoms with Gasteiger partial charge in [0.05, 0.1) is 0 Å². The summed E-state index contributed by atoms with van der Waals surface area (Å²) in [5.41, 5.74) is 0.765. The van der Waals surface area contributed by atoms with Crippen molar-refractivity contribution in [3.63, 3.8) is 0 Å². The van der Waals surface area contributed by atoms with E-state index < -0.39 is 0 Å². The second-order valence-electron chi connectivity index (χ2n) is 3.56. The second-order valence-corrected chi connectivity index (χ2v) is 4.54. The predicted octanol–water partition coefficient (Wildman–Crippen LogP) is 3.65. The van der Waals surface area contributed by atoms with Crippen LogP contribution in [-0.2, 0) is 0 Å². The largest absolute Gasteiger partial charge is 0.469 e. The number of nitrogens with zero attached hydrogens (tertiary/aromatic N) is 1. The zero-order chi connectivity index (χ0) is 12.1. The van der Waals surface area contributed by atoms with Gasteiger partial charge in [-0.15, -0.1) is 17.8 Å². The molecular weight excluding hydrogens is 230 g/mol. The molecule has 2 nitrogen and oxygen atoms in total. The fourth-order valence-corrected chi connectivity index (χ4v) is 2.34. The van der Waals surface area contributed by atoms with Crippen molar-refractivity contribution < 1.29 is 4.74 Å². The molecule has 0 spiro atoms. The number of hydrogen-bond acceptors (Lipinski definition) is 3. The lowest BCUT2D eigenvalue weighted by molar-refractivity contribution is 0.196. The SMILES string of the molecule is C#Cc1ccc(OC(CC)c2cccs2)nc1. The van der Waals surface area contributed by atoms with E-state index >= 15 is 0 Å². The number of ether oxygens (including phenoxy) is 1. The minimum atomic E-state index is 0.0687. The summed E-state index contributed by atoms with van der Waals surface area (Å²) in [6.07, 6.45) is 7.91. The Kier molecular flexibility index (Phi) is 3.79. The van der Waals surface area contributed by atoms with Crippen molar-refractivity contribution in [3.05, 3.63) is 46.3 Å². The van der Waals surface area contributed by atoms with Gasteiger partial charge in [0.2, 0.25) is 5.88 Å². The van der Waals surface area contributed by atoms with Gasteiger partial charge in [0.15, 0.2) is 0 Å². The van der Waals surface area contributed by atoms with Crippen LogP contribution < -0.4 is 4.74 Å². The molecule has 0 radical (unpaired) electrons. The van der Waals surface area contributed by atoms with Crippen LogP contribution in [0.4, 0.5) is 0 Å². The summed E-state index contributed by atoms with van der Waals surface area (Å²) in [7, 11) is 0. The summed E-state index contributed by atoms with van der Waals surface area (Å²) >= 11 is 1.70. The van der Waals surface area contributed by atoms with Crippen LogP contribution in [0.5, 0.6) is 5.88 Å². The summed E-state index contributed by atoms with van der Waals surface area (Å²) in [5, 5.41) is 2.05. The molecule has 17 heavy (non-hydrogen) atoms. The van der Waals surface area contributed by atoms with Crippen molar-refractivity contribution in [1.29, 1.82) is 0 Å². The van der Waals surface area contributed by atoms with Crippen LogP contribution in [0, 0.1) is 12.3 Å². The molecule has 0 saturated heterocycles. The topological polar surface area (TPSA) is 22.1 Å². The molecule has 1 atom stereocenters. The number of pyridine rings is 1. The summed E-state index contributed by atoms with van der Waals surface area (Å²) in [5.74, 6) is 3.15. The van der Waals surface area contributed by atoms with E-state index in [0.29, 0.717) is 5.88 Å². The van der Waals surface area contributed by atoms with E-state index in [1.807, 2.05) is 18.2 Å². The van der Waals surface area contributed by atoms with E-state index in [1.54, 1.807) is 17.5 Å². The molecule has 86 valence electrons. The Morgan fingerprint density at radius 3 is 2.88 bits per heavy atom. The maximum absolute atomic E-state index is 5.84. The Hall–Kier alpha value is -1.79. The molecule has 2 aromatic rings. The molecule has 0 aliphatic heterocycles. The summed E-state index contributed by atoms with van der Waals surface area (Å²) in [6.45, 7) is 2.10. The quantitative estimate of drug-likeness (QED) is 0.765. The highest BCUT2D eigenvalue weighted by molar-refractivity contribution is 7.10. The molecule has 2 heterocycles. The van der Waals surface area contributed by atoms with Gasteiger partial charge in [-0.3, -0.25) is 0 Å². The van der Waals surface area contributed by atoms with Crippen molar-refractivity contribution in [3.8, 4) is 18.2 Å². The first-order valence-electron chi connectivity index (χ1n) is 5.46. The minimum Gasteiger partial charge on any atom is -0.469 e. The van der Waals surface area contributed by atoms with Crippen molar-refractivity contribution >= 4 is 11.3 Å². The van der Waals surface area contributed by atoms with Crippen LogP contribution in [0.3, 0.4) is 0 Å². The van der Waals surface area contributed by atoms with Crippen LogP contribution in [0.2, 0.25) is 0 Å². The number of rotatable bonds is 4. The average Bonchev–Trinajstić information content (AvgIpc) is 2.90. The molecule has 0 aliphatic rings. The van der Waals surface area contributed by atoms with E-state index in [1.165, 1.54) is 4.88 Å². The number of hydrogen-bond donors (Lipinski definition) is 0. The fourth-order valence-electron chi connectivity index (χ4n) is 1.50. The summed E-state index contributed by atoms with van der Waals surface area (Å²) in [6, 6.07) is 7.75. The smallest absolute Gasteiger partial charge is 0.213 e. The Labute approximate surface area is 105 Å². The van der Waals surface area contributed by atoms with Crippen LogP contribution >= 0.6 is 11.3 Å². The lowest BCUT2D eigenvalue weighted by atomic mass is 10.2. The normalized spacial score (nSPS) is 11.8. The molecule has 0 N–H and O–H groups in total. The van der Waals surface area contributed by atoms with Crippen molar-refractivity contribution in [1.82, 2.24) is 4.98 Å². The average molecular weight is 243 g/mol. The molecule has 0 amide bonds. The van der Waals surface area contributed by atoms with E-state index in [-0.39, 0.29) is 6.10 Å². The molecule has 0 aliphatic carbocycles. The lowest BCUT2D eigenvalue weighted by Gasteiger charge is -2.15. The fraction of sp³-hybridized carbons (Fsp3) is 0.214. The summed E-state index contributed by atoms with van der Waals surface area (Å²) < 4.78 is 5.84. The highest BCUT2D eigenvalue weighted by atomic mass is 32.1. The van der Waals surface area contributed by atoms with Gasteiger partial charge in [-0.25, -0.2) is 4.98 Å². The first kappa shape index (κ1) is 11.7. The number of thiophene rings is 1. The zero-order valence-electron chi connectivity index (χ0n) is 9.59. The Morgan fingerprint density at radius 1 is 1.47 bits per heavy atom. The molecule has 3 heteroatoms. The molecule has 0 bridgehead atoms. The summed E-state index contributed by atoms with van der Waals surface area (Å²) in [4.78, 5) is 5.40. The van der Waals surface area contributed by atoms with Crippen LogP contribution in [0.1, 0.15) is 29.9 Å². The van der Waals surface area contributed by atoms with Gasteiger partial charge in [0.25, 0.3) is 0 Å². The van der Waals surface area contributed by atoms with Gasteiger partial charge in [-0.1, -0.05) is 18.9 Å². The van der Waals surface area contributed by atoms with E-state index in [4.69, 9.17) is 11.2 Å². The zero-order valence-corrected chi connectivity index (χ0v) is 10.4. The molecule has 2 aromatic heterocycles. The molecule has 0 saturated carbocycles. The van der Waals surface area contributed by atoms with Gasteiger partial charge in [-0.05, 0) is 23.9 Å². The highest BCUT2D eigenvalue weighted by Crippen LogP contribution is 2.26. The lowest BCUT2D eigenvalue weighted by Crippen LogP contribution is -2.05. The minimum absolute atomic E-state index is 0.0687. The highest BCUT2D eigenvalue weighted by Gasteiger charge is 2.12. The van der Waals surface area contributed by atoms with Crippen LogP contribution in [0.15, 0.2) is 35.8 Å². The number of terminal acetylenes is 1. The monoisotopic (exact) mass is 243 g/mol. The van der Waals surface area contributed by atoms with E-state index in [9.17, 15) is 0 Å². The second kappa shape index (κ2) is 5.51. The van der Waals surface area contributed by atoms with Gasteiger partial charge >= 0.3 is 0 Å². The van der Waals surface area contributed by atoms with Crippen molar-refractivity contribution in [2.75, 3.05) is 0 Å². The third-order valence-electron chi connectivity index (χ3n) is 2.40. The van der Waals surface area contributed by atoms with Gasteiger partial charge in [0, 0.05) is 22.7 Å². The Balaban J connectivity index is 2.11. The maximum Gasteiger partial charge on any atom is 0.213 e. The third-order valence-corrected chi connectivity index (χ3v) is 3.36. The molecule has 1 unspecified atom stereocenters. The predicted molar refractivity (Wildman–Crippen MR) is 70.2 cm³/mol. The third kappa shape index (κ3) is 2.86. The molecule has 0 aromatic carbocycles. The van der Waals surface area contributed by atoms with Crippen molar-refractivity contribution in [2.45, 2.75) is 19.4 Å². The molecule has 0 fully saturated rings. The first-order chi connectivity index (χ1) is 8.33. The van der Waals surface area contributed by atoms with E-state index in [2.05, 4.69) is 29.3 Å². The molecular formula is C14H13NOS. The Bertz CT molecular complexity index is 496. The van der Waals surface area contributed by atoms with Gasteiger partial charge in [-0.2, -0.15) is 0 Å². The van der Waals surface area contributed by atoms with Crippen molar-refractivity contribution in [2.24, 2.45) is 0 Å². The number of aromatic nitrogens is 1. The molecule has 2 rings (SSSR count). The van der Waals surface area contributed by atoms with Gasteiger partial charge in [0.1, 0.15) is 6.10 Å².